The minimum Gasteiger partial charge on any atom is -0.392 e. The van der Waals surface area contributed by atoms with Crippen LogP contribution in [0.3, 0.4) is 0 Å². The Hall–Kier alpha value is -0.0800. The van der Waals surface area contributed by atoms with Gasteiger partial charge in [-0.15, -0.1) is 0 Å². The third-order valence-electron chi connectivity index (χ3n) is 3.60. The van der Waals surface area contributed by atoms with Crippen LogP contribution in [0.5, 0.6) is 0 Å². The average molecular weight is 229 g/mol. The summed E-state index contributed by atoms with van der Waals surface area (Å²) in [5, 5.41) is 13.6. The summed E-state index contributed by atoms with van der Waals surface area (Å²) in [5.74, 6) is 1.09. The van der Waals surface area contributed by atoms with Crippen LogP contribution in [0.2, 0.25) is 0 Å². The lowest BCUT2D eigenvalue weighted by Gasteiger charge is -2.34. The van der Waals surface area contributed by atoms with Crippen molar-refractivity contribution in [3.8, 4) is 0 Å². The van der Waals surface area contributed by atoms with Crippen LogP contribution in [-0.4, -0.2) is 24.3 Å². The first-order chi connectivity index (χ1) is 7.35. The highest BCUT2D eigenvalue weighted by Gasteiger charge is 2.29. The Morgan fingerprint density at radius 3 is 2.00 bits per heavy atom. The third kappa shape index (κ3) is 5.31. The molecule has 0 aromatic carbocycles. The van der Waals surface area contributed by atoms with E-state index in [0.717, 1.165) is 19.0 Å². The molecule has 0 spiro atoms. The van der Waals surface area contributed by atoms with E-state index in [4.69, 9.17) is 0 Å². The van der Waals surface area contributed by atoms with Gasteiger partial charge in [0, 0.05) is 12.0 Å². The first kappa shape index (κ1) is 15.9. The third-order valence-corrected chi connectivity index (χ3v) is 3.60. The maximum absolute atomic E-state index is 10.1. The molecule has 0 bridgehead atoms. The second-order valence-electron chi connectivity index (χ2n) is 5.99. The molecule has 0 aliphatic carbocycles. The number of hydrogen-bond donors (Lipinski definition) is 2. The molecule has 0 saturated carbocycles. The molecule has 0 radical (unpaired) electrons. The summed E-state index contributed by atoms with van der Waals surface area (Å²) in [7, 11) is 0. The van der Waals surface area contributed by atoms with E-state index in [-0.39, 0.29) is 11.5 Å². The highest BCUT2D eigenvalue weighted by molar-refractivity contribution is 4.82. The van der Waals surface area contributed by atoms with Crippen LogP contribution < -0.4 is 5.32 Å². The maximum Gasteiger partial charge on any atom is 0.0626 e. The van der Waals surface area contributed by atoms with Gasteiger partial charge in [-0.1, -0.05) is 54.4 Å². The smallest absolute Gasteiger partial charge is 0.0626 e. The first-order valence-electron chi connectivity index (χ1n) is 6.73. The number of rotatable bonds is 8. The van der Waals surface area contributed by atoms with E-state index in [1.165, 1.54) is 12.8 Å². The van der Waals surface area contributed by atoms with Crippen molar-refractivity contribution >= 4 is 0 Å². The van der Waals surface area contributed by atoms with Gasteiger partial charge in [-0.3, -0.25) is 0 Å². The minimum absolute atomic E-state index is 0.0415. The largest absolute Gasteiger partial charge is 0.392 e. The van der Waals surface area contributed by atoms with E-state index in [1.54, 1.807) is 0 Å². The van der Waals surface area contributed by atoms with Crippen LogP contribution in [-0.2, 0) is 0 Å². The monoisotopic (exact) mass is 229 g/mol. The number of aliphatic hydroxyl groups excluding tert-OH is 1. The Morgan fingerprint density at radius 1 is 1.12 bits per heavy atom. The van der Waals surface area contributed by atoms with Crippen molar-refractivity contribution in [1.29, 1.82) is 0 Å². The highest BCUT2D eigenvalue weighted by Crippen LogP contribution is 2.25. The quantitative estimate of drug-likeness (QED) is 0.670. The standard InChI is InChI=1S/C14H31NO/c1-7-12(8-2)9-15-10-14(5,6)13(16)11(3)4/h11-13,15-16H,7-10H2,1-6H3. The van der Waals surface area contributed by atoms with Crippen LogP contribution in [0, 0.1) is 17.3 Å². The van der Waals surface area contributed by atoms with Crippen molar-refractivity contribution in [2.24, 2.45) is 17.3 Å². The summed E-state index contributed by atoms with van der Waals surface area (Å²) in [5.41, 5.74) is -0.0415. The van der Waals surface area contributed by atoms with Gasteiger partial charge in [-0.2, -0.15) is 0 Å². The SMILES string of the molecule is CCC(CC)CNCC(C)(C)C(O)C(C)C. The highest BCUT2D eigenvalue weighted by atomic mass is 16.3. The molecule has 2 heteroatoms. The number of hydrogen-bond acceptors (Lipinski definition) is 2. The molecule has 0 saturated heterocycles. The van der Waals surface area contributed by atoms with E-state index in [9.17, 15) is 5.11 Å². The van der Waals surface area contributed by atoms with Gasteiger partial charge in [0.1, 0.15) is 0 Å². The molecule has 0 aromatic rings. The molecule has 0 heterocycles. The molecule has 1 atom stereocenters. The van der Waals surface area contributed by atoms with Crippen molar-refractivity contribution < 1.29 is 5.11 Å². The second kappa shape index (κ2) is 7.29. The lowest BCUT2D eigenvalue weighted by Crippen LogP contribution is -2.42. The van der Waals surface area contributed by atoms with E-state index >= 15 is 0 Å². The van der Waals surface area contributed by atoms with Gasteiger partial charge in [0.15, 0.2) is 0 Å². The van der Waals surface area contributed by atoms with Crippen LogP contribution in [0.4, 0.5) is 0 Å². The summed E-state index contributed by atoms with van der Waals surface area (Å²) >= 11 is 0. The molecule has 1 unspecified atom stereocenters. The Balaban J connectivity index is 3.99. The van der Waals surface area contributed by atoms with Crippen LogP contribution in [0.15, 0.2) is 0 Å². The van der Waals surface area contributed by atoms with Crippen molar-refractivity contribution in [2.75, 3.05) is 13.1 Å². The topological polar surface area (TPSA) is 32.3 Å². The zero-order valence-corrected chi connectivity index (χ0v) is 12.0. The molecular weight excluding hydrogens is 198 g/mol. The van der Waals surface area contributed by atoms with Crippen molar-refractivity contribution in [3.63, 3.8) is 0 Å². The molecule has 0 fully saturated rings. The van der Waals surface area contributed by atoms with E-state index in [2.05, 4.69) is 46.9 Å². The molecule has 98 valence electrons. The summed E-state index contributed by atoms with van der Waals surface area (Å²) in [6.07, 6.45) is 2.23. The number of aliphatic hydroxyl groups is 1. The van der Waals surface area contributed by atoms with E-state index < -0.39 is 0 Å². The van der Waals surface area contributed by atoms with Crippen LogP contribution in [0.1, 0.15) is 54.4 Å². The van der Waals surface area contributed by atoms with Crippen molar-refractivity contribution in [1.82, 2.24) is 5.32 Å². The molecule has 0 amide bonds. The minimum atomic E-state index is -0.235. The summed E-state index contributed by atoms with van der Waals surface area (Å²) in [4.78, 5) is 0. The Bertz CT molecular complexity index is 174. The average Bonchev–Trinajstić information content (AvgIpc) is 2.23. The molecule has 16 heavy (non-hydrogen) atoms. The molecule has 0 rings (SSSR count). The summed E-state index contributed by atoms with van der Waals surface area (Å²) in [6, 6.07) is 0. The zero-order valence-electron chi connectivity index (χ0n) is 12.0. The molecule has 2 N–H and O–H groups in total. The predicted molar refractivity (Wildman–Crippen MR) is 71.6 cm³/mol. The lowest BCUT2D eigenvalue weighted by atomic mass is 9.80. The summed E-state index contributed by atoms with van der Waals surface area (Å²) in [6.45, 7) is 14.9. The van der Waals surface area contributed by atoms with Gasteiger partial charge < -0.3 is 10.4 Å². The Labute approximate surface area is 102 Å². The Kier molecular flexibility index (Phi) is 7.25. The fourth-order valence-electron chi connectivity index (χ4n) is 2.18. The molecule has 0 aromatic heterocycles. The lowest BCUT2D eigenvalue weighted by molar-refractivity contribution is 0.0132. The van der Waals surface area contributed by atoms with Gasteiger partial charge in [-0.25, -0.2) is 0 Å². The van der Waals surface area contributed by atoms with Crippen molar-refractivity contribution in [3.05, 3.63) is 0 Å². The maximum atomic E-state index is 10.1. The fourth-order valence-corrected chi connectivity index (χ4v) is 2.18. The summed E-state index contributed by atoms with van der Waals surface area (Å²) < 4.78 is 0. The second-order valence-corrected chi connectivity index (χ2v) is 5.99. The van der Waals surface area contributed by atoms with Crippen LogP contribution >= 0.6 is 0 Å². The Morgan fingerprint density at radius 2 is 1.62 bits per heavy atom. The van der Waals surface area contributed by atoms with Crippen LogP contribution in [0.25, 0.3) is 0 Å². The number of nitrogens with one attached hydrogen (secondary N) is 1. The normalized spacial score (nSPS) is 14.8. The van der Waals surface area contributed by atoms with Gasteiger partial charge in [0.2, 0.25) is 0 Å². The predicted octanol–water partition coefficient (Wildman–Crippen LogP) is 3.06. The van der Waals surface area contributed by atoms with Gasteiger partial charge in [0.25, 0.3) is 0 Å². The van der Waals surface area contributed by atoms with E-state index in [0.29, 0.717) is 5.92 Å². The van der Waals surface area contributed by atoms with Gasteiger partial charge in [-0.05, 0) is 18.4 Å². The fraction of sp³-hybridized carbons (Fsp3) is 1.00. The molecular formula is C14H31NO. The first-order valence-corrected chi connectivity index (χ1v) is 6.73. The molecule has 0 aliphatic heterocycles. The molecule has 2 nitrogen and oxygen atoms in total. The molecule has 0 aliphatic rings. The zero-order chi connectivity index (χ0) is 12.8. The van der Waals surface area contributed by atoms with Gasteiger partial charge in [0.05, 0.1) is 6.10 Å². The van der Waals surface area contributed by atoms with Gasteiger partial charge >= 0.3 is 0 Å². The van der Waals surface area contributed by atoms with Crippen molar-refractivity contribution in [2.45, 2.75) is 60.5 Å². The van der Waals surface area contributed by atoms with E-state index in [1.807, 2.05) is 0 Å².